The molecule has 31 heavy (non-hydrogen) atoms. The van der Waals surface area contributed by atoms with E-state index in [1.54, 1.807) is 13.3 Å². The Bertz CT molecular complexity index is 1410. The number of pyridine rings is 1. The first kappa shape index (κ1) is 18.7. The molecule has 6 nitrogen and oxygen atoms in total. The summed E-state index contributed by atoms with van der Waals surface area (Å²) in [4.78, 5) is 20.8. The highest BCUT2D eigenvalue weighted by Gasteiger charge is 2.16. The second kappa shape index (κ2) is 7.84. The van der Waals surface area contributed by atoms with Crippen molar-refractivity contribution in [1.29, 1.82) is 0 Å². The van der Waals surface area contributed by atoms with Gasteiger partial charge in [-0.25, -0.2) is 4.98 Å². The van der Waals surface area contributed by atoms with E-state index in [9.17, 15) is 4.79 Å². The van der Waals surface area contributed by atoms with E-state index in [2.05, 4.69) is 15.3 Å². The number of ether oxygens (including phenoxy) is 1. The number of benzene rings is 2. The van der Waals surface area contributed by atoms with Crippen LogP contribution in [0.2, 0.25) is 0 Å². The molecule has 3 aromatic heterocycles. The fraction of sp³-hybridized carbons (Fsp3) is 0.0400. The normalized spacial score (nSPS) is 11.4. The van der Waals surface area contributed by atoms with Gasteiger partial charge in [-0.3, -0.25) is 9.20 Å². The number of carbonyl (C=O) groups excluding carboxylic acids is 1. The van der Waals surface area contributed by atoms with Gasteiger partial charge in [0.1, 0.15) is 17.3 Å². The summed E-state index contributed by atoms with van der Waals surface area (Å²) in [5.41, 5.74) is 4.05. The largest absolute Gasteiger partial charge is 0.497 e. The first-order valence-electron chi connectivity index (χ1n) is 9.89. The average Bonchev–Trinajstić information content (AvgIpc) is 3.43. The Morgan fingerprint density at radius 3 is 2.81 bits per heavy atom. The highest BCUT2D eigenvalue weighted by molar-refractivity contribution is 6.08. The summed E-state index contributed by atoms with van der Waals surface area (Å²) >= 11 is 0. The van der Waals surface area contributed by atoms with Gasteiger partial charge in [-0.1, -0.05) is 6.07 Å². The summed E-state index contributed by atoms with van der Waals surface area (Å²) in [5.74, 6) is 1.31. The number of methoxy groups -OCH3 is 1. The van der Waals surface area contributed by atoms with Gasteiger partial charge in [0.05, 0.1) is 12.6 Å². The number of nitrogens with one attached hydrogen (secondary N) is 2. The minimum atomic E-state index is -0.168. The lowest BCUT2D eigenvalue weighted by Gasteiger charge is -2.03. The highest BCUT2D eigenvalue weighted by Crippen LogP contribution is 2.25. The summed E-state index contributed by atoms with van der Waals surface area (Å²) in [5, 5.41) is 4.27. The lowest BCUT2D eigenvalue weighted by atomic mass is 10.2. The third-order valence-electron chi connectivity index (χ3n) is 5.17. The van der Waals surface area contributed by atoms with Crippen LogP contribution in [0.5, 0.6) is 5.75 Å². The van der Waals surface area contributed by atoms with Crippen LogP contribution >= 0.6 is 0 Å². The van der Waals surface area contributed by atoms with E-state index in [0.717, 1.165) is 33.4 Å². The lowest BCUT2D eigenvalue weighted by molar-refractivity contribution is 0.104. The number of anilines is 1. The minimum absolute atomic E-state index is 0.168. The number of H-pyrrole nitrogens is 1. The summed E-state index contributed by atoms with van der Waals surface area (Å²) in [6.45, 7) is 0. The quantitative estimate of drug-likeness (QED) is 0.295. The predicted octanol–water partition coefficient (Wildman–Crippen LogP) is 5.30. The monoisotopic (exact) mass is 408 g/mol. The number of hydrogen-bond acceptors (Lipinski definition) is 4. The average molecular weight is 408 g/mol. The standard InChI is InChI=1S/C25H20N4O2/c1-31-20-8-5-17(6-9-20)25-28-24(22-4-2-3-15-29(22)25)23(30)12-14-26-19-7-10-21-18(16-19)11-13-27-21/h2-16,26-27H,1H3/b14-12-. The van der Waals surface area contributed by atoms with Crippen molar-refractivity contribution in [3.8, 4) is 17.1 Å². The molecule has 5 rings (SSSR count). The van der Waals surface area contributed by atoms with Crippen LogP contribution in [-0.4, -0.2) is 27.3 Å². The molecule has 5 aromatic rings. The van der Waals surface area contributed by atoms with Gasteiger partial charge in [0.25, 0.3) is 0 Å². The van der Waals surface area contributed by atoms with Crippen LogP contribution in [0.1, 0.15) is 10.5 Å². The SMILES string of the molecule is COc1ccc(-c2nc(C(=O)/C=C\Nc3ccc4[nH]ccc4c3)c3ccccn23)cc1. The number of carbonyl (C=O) groups is 1. The summed E-state index contributed by atoms with van der Waals surface area (Å²) in [6.07, 6.45) is 6.97. The van der Waals surface area contributed by atoms with Crippen molar-refractivity contribution < 1.29 is 9.53 Å². The third kappa shape index (κ3) is 3.55. The van der Waals surface area contributed by atoms with E-state index in [4.69, 9.17) is 4.74 Å². The number of hydrogen-bond donors (Lipinski definition) is 2. The zero-order chi connectivity index (χ0) is 21.2. The molecule has 0 atom stereocenters. The second-order valence-corrected chi connectivity index (χ2v) is 7.09. The van der Waals surface area contributed by atoms with E-state index >= 15 is 0 Å². The molecule has 2 N–H and O–H groups in total. The molecule has 0 saturated heterocycles. The van der Waals surface area contributed by atoms with Crippen molar-refractivity contribution >= 4 is 27.9 Å². The molecule has 0 spiro atoms. The number of aromatic nitrogens is 3. The van der Waals surface area contributed by atoms with Crippen molar-refractivity contribution in [2.24, 2.45) is 0 Å². The van der Waals surface area contributed by atoms with Gasteiger partial charge in [0.15, 0.2) is 0 Å². The topological polar surface area (TPSA) is 71.4 Å². The number of fused-ring (bicyclic) bond motifs is 2. The molecule has 0 fully saturated rings. The number of aromatic amines is 1. The molecule has 0 bridgehead atoms. The molecule has 0 aliphatic heterocycles. The number of allylic oxidation sites excluding steroid dienone is 1. The van der Waals surface area contributed by atoms with Crippen molar-refractivity contribution in [1.82, 2.24) is 14.4 Å². The second-order valence-electron chi connectivity index (χ2n) is 7.09. The van der Waals surface area contributed by atoms with Crippen LogP contribution in [-0.2, 0) is 0 Å². The van der Waals surface area contributed by atoms with Gasteiger partial charge < -0.3 is 15.0 Å². The van der Waals surface area contributed by atoms with E-state index in [1.807, 2.05) is 83.5 Å². The molecular weight excluding hydrogens is 388 g/mol. The first-order chi connectivity index (χ1) is 15.2. The Balaban J connectivity index is 1.43. The molecule has 0 aliphatic rings. The lowest BCUT2D eigenvalue weighted by Crippen LogP contribution is -1.98. The molecule has 3 heterocycles. The Hall–Kier alpha value is -4.32. The fourth-order valence-corrected chi connectivity index (χ4v) is 3.60. The summed E-state index contributed by atoms with van der Waals surface area (Å²) < 4.78 is 7.16. The molecule has 0 amide bonds. The maximum atomic E-state index is 12.9. The zero-order valence-corrected chi connectivity index (χ0v) is 16.9. The van der Waals surface area contributed by atoms with E-state index < -0.39 is 0 Å². The molecule has 0 saturated carbocycles. The first-order valence-corrected chi connectivity index (χ1v) is 9.89. The Labute approximate surface area is 178 Å². The molecule has 2 aromatic carbocycles. The maximum Gasteiger partial charge on any atom is 0.207 e. The third-order valence-corrected chi connectivity index (χ3v) is 5.17. The maximum absolute atomic E-state index is 12.9. The highest BCUT2D eigenvalue weighted by atomic mass is 16.5. The van der Waals surface area contributed by atoms with E-state index in [-0.39, 0.29) is 5.78 Å². The molecule has 0 unspecified atom stereocenters. The van der Waals surface area contributed by atoms with Gasteiger partial charge in [0, 0.05) is 46.8 Å². The minimum Gasteiger partial charge on any atom is -0.497 e. The van der Waals surface area contributed by atoms with Crippen molar-refractivity contribution in [2.75, 3.05) is 12.4 Å². The van der Waals surface area contributed by atoms with E-state index in [1.165, 1.54) is 6.08 Å². The van der Waals surface area contributed by atoms with Crippen LogP contribution in [0, 0.1) is 0 Å². The van der Waals surface area contributed by atoms with Crippen LogP contribution in [0.4, 0.5) is 5.69 Å². The van der Waals surface area contributed by atoms with Gasteiger partial charge in [0.2, 0.25) is 5.78 Å². The fourth-order valence-electron chi connectivity index (χ4n) is 3.60. The molecular formula is C25H20N4O2. The Morgan fingerprint density at radius 1 is 1.10 bits per heavy atom. The molecule has 6 heteroatoms. The van der Waals surface area contributed by atoms with Crippen LogP contribution in [0.15, 0.2) is 91.4 Å². The Morgan fingerprint density at radius 2 is 1.97 bits per heavy atom. The van der Waals surface area contributed by atoms with Crippen molar-refractivity contribution in [3.63, 3.8) is 0 Å². The van der Waals surface area contributed by atoms with Gasteiger partial charge in [-0.2, -0.15) is 0 Å². The van der Waals surface area contributed by atoms with E-state index in [0.29, 0.717) is 11.5 Å². The van der Waals surface area contributed by atoms with Gasteiger partial charge in [-0.15, -0.1) is 0 Å². The van der Waals surface area contributed by atoms with Gasteiger partial charge in [-0.05, 0) is 60.7 Å². The number of nitrogens with zero attached hydrogens (tertiary/aromatic N) is 2. The van der Waals surface area contributed by atoms with Crippen LogP contribution < -0.4 is 10.1 Å². The van der Waals surface area contributed by atoms with Crippen LogP contribution in [0.3, 0.4) is 0 Å². The van der Waals surface area contributed by atoms with Crippen LogP contribution in [0.25, 0.3) is 27.8 Å². The van der Waals surface area contributed by atoms with Gasteiger partial charge >= 0.3 is 0 Å². The molecule has 0 radical (unpaired) electrons. The molecule has 0 aliphatic carbocycles. The number of ketones is 1. The number of imidazole rings is 1. The zero-order valence-electron chi connectivity index (χ0n) is 16.9. The van der Waals surface area contributed by atoms with Crippen molar-refractivity contribution in [2.45, 2.75) is 0 Å². The predicted molar refractivity (Wildman–Crippen MR) is 123 cm³/mol. The van der Waals surface area contributed by atoms with Crippen molar-refractivity contribution in [3.05, 3.63) is 97.1 Å². The molecule has 152 valence electrons. The number of rotatable bonds is 6. The summed E-state index contributed by atoms with van der Waals surface area (Å²) in [6, 6.07) is 21.3. The summed E-state index contributed by atoms with van der Waals surface area (Å²) in [7, 11) is 1.63. The Kier molecular flexibility index (Phi) is 4.72. The smallest absolute Gasteiger partial charge is 0.207 e.